The summed E-state index contributed by atoms with van der Waals surface area (Å²) in [4.78, 5) is 18.7. The molecule has 0 radical (unpaired) electrons. The van der Waals surface area contributed by atoms with Gasteiger partial charge in [0, 0.05) is 25.2 Å². The Bertz CT molecular complexity index is 466. The number of nitrogens with zero attached hydrogens (tertiary/aromatic N) is 4. The lowest BCUT2D eigenvalue weighted by Gasteiger charge is -2.20. The van der Waals surface area contributed by atoms with E-state index in [-0.39, 0.29) is 10.8 Å². The van der Waals surface area contributed by atoms with Crippen molar-refractivity contribution in [3.63, 3.8) is 0 Å². The van der Waals surface area contributed by atoms with E-state index in [0.29, 0.717) is 11.9 Å². The molecule has 2 heterocycles. The van der Waals surface area contributed by atoms with E-state index in [0.717, 1.165) is 19.5 Å². The average Bonchev–Trinajstić information content (AvgIpc) is 2.77. The van der Waals surface area contributed by atoms with E-state index in [4.69, 9.17) is 11.6 Å². The van der Waals surface area contributed by atoms with Crippen LogP contribution in [-0.2, 0) is 0 Å². The predicted molar refractivity (Wildman–Crippen MR) is 70.2 cm³/mol. The lowest BCUT2D eigenvalue weighted by atomic mass is 10.2. The van der Waals surface area contributed by atoms with Crippen LogP contribution in [0, 0.1) is 10.1 Å². The number of hydrogen-bond acceptors (Lipinski definition) is 5. The molecule has 7 heteroatoms. The van der Waals surface area contributed by atoms with Gasteiger partial charge < -0.3 is 9.80 Å². The molecule has 0 saturated carbocycles. The van der Waals surface area contributed by atoms with Crippen LogP contribution in [0.1, 0.15) is 6.42 Å². The molecule has 98 valence electrons. The molecule has 0 bridgehead atoms. The molecule has 6 nitrogen and oxygen atoms in total. The number of pyridine rings is 1. The summed E-state index contributed by atoms with van der Waals surface area (Å²) in [6.45, 7) is 1.50. The fourth-order valence-electron chi connectivity index (χ4n) is 2.15. The molecule has 1 aliphatic rings. The molecule has 1 unspecified atom stereocenters. The molecule has 1 aromatic heterocycles. The van der Waals surface area contributed by atoms with E-state index < -0.39 is 4.92 Å². The minimum Gasteiger partial charge on any atom is -0.349 e. The molecule has 1 aliphatic heterocycles. The molecule has 0 aromatic carbocycles. The molecule has 2 rings (SSSR count). The van der Waals surface area contributed by atoms with Crippen LogP contribution in [-0.4, -0.2) is 48.0 Å². The summed E-state index contributed by atoms with van der Waals surface area (Å²) in [5, 5.41) is 11.3. The molecule has 0 spiro atoms. The Balaban J connectivity index is 2.28. The zero-order chi connectivity index (χ0) is 13.3. The summed E-state index contributed by atoms with van der Waals surface area (Å²) >= 11 is 5.83. The van der Waals surface area contributed by atoms with E-state index in [1.807, 2.05) is 19.0 Å². The highest BCUT2D eigenvalue weighted by Crippen LogP contribution is 2.30. The number of rotatable bonds is 3. The van der Waals surface area contributed by atoms with Crippen LogP contribution in [0.15, 0.2) is 12.1 Å². The molecule has 0 aliphatic carbocycles. The molecule has 1 fully saturated rings. The van der Waals surface area contributed by atoms with Gasteiger partial charge in [0.1, 0.15) is 5.15 Å². The maximum Gasteiger partial charge on any atom is 0.311 e. The van der Waals surface area contributed by atoms with Crippen molar-refractivity contribution in [2.45, 2.75) is 12.5 Å². The molecule has 0 N–H and O–H groups in total. The number of halogens is 1. The number of nitro groups is 1. The van der Waals surface area contributed by atoms with Crippen molar-refractivity contribution < 1.29 is 4.92 Å². The minimum atomic E-state index is -0.415. The molecule has 1 atom stereocenters. The quantitative estimate of drug-likeness (QED) is 0.476. The maximum atomic E-state index is 11.0. The van der Waals surface area contributed by atoms with Crippen LogP contribution in [0.25, 0.3) is 0 Å². The molecule has 1 aromatic rings. The van der Waals surface area contributed by atoms with Crippen molar-refractivity contribution in [3.05, 3.63) is 27.4 Å². The first-order valence-electron chi connectivity index (χ1n) is 5.71. The van der Waals surface area contributed by atoms with E-state index in [2.05, 4.69) is 9.88 Å². The first kappa shape index (κ1) is 13.0. The first-order valence-corrected chi connectivity index (χ1v) is 6.09. The van der Waals surface area contributed by atoms with Gasteiger partial charge in [-0.05, 0) is 26.6 Å². The van der Waals surface area contributed by atoms with Crippen LogP contribution in [0.2, 0.25) is 5.15 Å². The number of likely N-dealkylation sites (N-methyl/N-ethyl adjacent to an activating group) is 1. The third-order valence-electron chi connectivity index (χ3n) is 3.21. The Kier molecular flexibility index (Phi) is 3.68. The normalized spacial score (nSPS) is 19.6. The van der Waals surface area contributed by atoms with Gasteiger partial charge in [0.2, 0.25) is 5.82 Å². The van der Waals surface area contributed by atoms with Gasteiger partial charge >= 0.3 is 5.69 Å². The Labute approximate surface area is 110 Å². The SMILES string of the molecule is CN(C)C1CCN(c2nc(Cl)ccc2[N+](=O)[O-])C1. The summed E-state index contributed by atoms with van der Waals surface area (Å²) in [5.41, 5.74) is 0.0128. The van der Waals surface area contributed by atoms with Crippen LogP contribution in [0.4, 0.5) is 11.5 Å². The lowest BCUT2D eigenvalue weighted by Crippen LogP contribution is -2.32. The molecule has 0 amide bonds. The fraction of sp³-hybridized carbons (Fsp3) is 0.545. The number of anilines is 1. The van der Waals surface area contributed by atoms with Crippen molar-refractivity contribution in [2.75, 3.05) is 32.1 Å². The highest BCUT2D eigenvalue weighted by atomic mass is 35.5. The third-order valence-corrected chi connectivity index (χ3v) is 3.42. The summed E-state index contributed by atoms with van der Waals surface area (Å²) in [7, 11) is 4.02. The minimum absolute atomic E-state index is 0.0128. The molecular weight excluding hydrogens is 256 g/mol. The van der Waals surface area contributed by atoms with Gasteiger partial charge in [-0.25, -0.2) is 4.98 Å². The maximum absolute atomic E-state index is 11.0. The Hall–Kier alpha value is -1.40. The van der Waals surface area contributed by atoms with Crippen LogP contribution >= 0.6 is 11.6 Å². The topological polar surface area (TPSA) is 62.5 Å². The van der Waals surface area contributed by atoms with E-state index in [9.17, 15) is 10.1 Å². The van der Waals surface area contributed by atoms with Crippen LogP contribution in [0.3, 0.4) is 0 Å². The van der Waals surface area contributed by atoms with Gasteiger partial charge in [0.05, 0.1) is 4.92 Å². The lowest BCUT2D eigenvalue weighted by molar-refractivity contribution is -0.384. The van der Waals surface area contributed by atoms with Gasteiger partial charge in [0.25, 0.3) is 0 Å². The van der Waals surface area contributed by atoms with Gasteiger partial charge in [-0.3, -0.25) is 10.1 Å². The Morgan fingerprint density at radius 2 is 2.28 bits per heavy atom. The number of hydrogen-bond donors (Lipinski definition) is 0. The average molecular weight is 271 g/mol. The summed E-state index contributed by atoms with van der Waals surface area (Å²) in [6, 6.07) is 3.25. The zero-order valence-electron chi connectivity index (χ0n) is 10.3. The Morgan fingerprint density at radius 1 is 1.56 bits per heavy atom. The van der Waals surface area contributed by atoms with Crippen molar-refractivity contribution in [1.82, 2.24) is 9.88 Å². The molecule has 1 saturated heterocycles. The highest BCUT2D eigenvalue weighted by molar-refractivity contribution is 6.29. The second-order valence-corrected chi connectivity index (χ2v) is 4.97. The van der Waals surface area contributed by atoms with E-state index >= 15 is 0 Å². The van der Waals surface area contributed by atoms with Crippen molar-refractivity contribution in [2.24, 2.45) is 0 Å². The van der Waals surface area contributed by atoms with E-state index in [1.165, 1.54) is 12.1 Å². The highest BCUT2D eigenvalue weighted by Gasteiger charge is 2.29. The largest absolute Gasteiger partial charge is 0.349 e. The number of aromatic nitrogens is 1. The zero-order valence-corrected chi connectivity index (χ0v) is 11.1. The molecular formula is C11H15ClN4O2. The van der Waals surface area contributed by atoms with E-state index in [1.54, 1.807) is 0 Å². The first-order chi connectivity index (χ1) is 8.49. The second-order valence-electron chi connectivity index (χ2n) is 4.59. The monoisotopic (exact) mass is 270 g/mol. The van der Waals surface area contributed by atoms with Crippen molar-refractivity contribution in [3.8, 4) is 0 Å². The Morgan fingerprint density at radius 3 is 2.83 bits per heavy atom. The summed E-state index contributed by atoms with van der Waals surface area (Å²) in [5.74, 6) is 0.372. The summed E-state index contributed by atoms with van der Waals surface area (Å²) < 4.78 is 0. The van der Waals surface area contributed by atoms with Gasteiger partial charge in [-0.2, -0.15) is 0 Å². The van der Waals surface area contributed by atoms with Crippen LogP contribution < -0.4 is 4.90 Å². The smallest absolute Gasteiger partial charge is 0.311 e. The standard InChI is InChI=1S/C11H15ClN4O2/c1-14(2)8-5-6-15(7-8)11-9(16(17)18)3-4-10(12)13-11/h3-4,8H,5-7H2,1-2H3. The second kappa shape index (κ2) is 5.07. The third kappa shape index (κ3) is 2.54. The van der Waals surface area contributed by atoms with Crippen molar-refractivity contribution in [1.29, 1.82) is 0 Å². The molecule has 18 heavy (non-hydrogen) atoms. The van der Waals surface area contributed by atoms with Gasteiger partial charge in [-0.15, -0.1) is 0 Å². The fourth-order valence-corrected chi connectivity index (χ4v) is 2.29. The van der Waals surface area contributed by atoms with Gasteiger partial charge in [-0.1, -0.05) is 11.6 Å². The van der Waals surface area contributed by atoms with Crippen LogP contribution in [0.5, 0.6) is 0 Å². The summed E-state index contributed by atoms with van der Waals surface area (Å²) in [6.07, 6.45) is 0.971. The van der Waals surface area contributed by atoms with Gasteiger partial charge in [0.15, 0.2) is 0 Å². The van der Waals surface area contributed by atoms with Crippen molar-refractivity contribution >= 4 is 23.1 Å². The predicted octanol–water partition coefficient (Wildman–Crippen LogP) is 1.78.